The number of hydrogen-bond donors (Lipinski definition) is 2. The van der Waals surface area contributed by atoms with Crippen LogP contribution in [0.25, 0.3) is 0 Å². The monoisotopic (exact) mass is 378 g/mol. The van der Waals surface area contributed by atoms with Gasteiger partial charge in [0.25, 0.3) is 11.8 Å². The fraction of sp³-hybridized carbons (Fsp3) is 0.353. The van der Waals surface area contributed by atoms with Crippen LogP contribution >= 0.6 is 22.7 Å². The zero-order valence-electron chi connectivity index (χ0n) is 13.7. The molecule has 1 aliphatic rings. The lowest BCUT2D eigenvalue weighted by molar-refractivity contribution is -0.123. The molecule has 0 spiro atoms. The molecule has 3 rings (SSSR count). The van der Waals surface area contributed by atoms with E-state index in [1.165, 1.54) is 29.2 Å². The Kier molecular flexibility index (Phi) is 5.19. The van der Waals surface area contributed by atoms with Gasteiger partial charge in [0.1, 0.15) is 5.00 Å². The molecule has 25 heavy (non-hydrogen) atoms. The molecule has 132 valence electrons. The van der Waals surface area contributed by atoms with Crippen LogP contribution in [0.15, 0.2) is 16.8 Å². The van der Waals surface area contributed by atoms with Crippen molar-refractivity contribution in [2.75, 3.05) is 5.32 Å². The third-order valence-corrected chi connectivity index (χ3v) is 6.02. The van der Waals surface area contributed by atoms with Crippen molar-refractivity contribution in [2.45, 2.75) is 38.7 Å². The van der Waals surface area contributed by atoms with Crippen molar-refractivity contribution in [3.8, 4) is 0 Å². The summed E-state index contributed by atoms with van der Waals surface area (Å²) in [6.07, 6.45) is 3.10. The quantitative estimate of drug-likeness (QED) is 0.782. The Morgan fingerprint density at radius 3 is 2.72 bits per heavy atom. The minimum atomic E-state index is -0.977. The van der Waals surface area contributed by atoms with Gasteiger partial charge in [0.15, 0.2) is 6.10 Å². The molecule has 0 radical (unpaired) electrons. The van der Waals surface area contributed by atoms with Gasteiger partial charge in [-0.1, -0.05) is 0 Å². The van der Waals surface area contributed by atoms with Crippen LogP contribution in [0, 0.1) is 0 Å². The molecule has 0 saturated carbocycles. The first-order chi connectivity index (χ1) is 12.0. The van der Waals surface area contributed by atoms with E-state index in [0.717, 1.165) is 31.2 Å². The summed E-state index contributed by atoms with van der Waals surface area (Å²) in [4.78, 5) is 37.2. The number of nitrogens with one attached hydrogen (secondary N) is 1. The van der Waals surface area contributed by atoms with E-state index in [2.05, 4.69) is 5.32 Å². The first-order valence-corrected chi connectivity index (χ1v) is 9.71. The molecule has 2 heterocycles. The summed E-state index contributed by atoms with van der Waals surface area (Å²) >= 11 is 2.76. The molecule has 0 fully saturated rings. The highest BCUT2D eigenvalue weighted by molar-refractivity contribution is 7.14. The first-order valence-electron chi connectivity index (χ1n) is 7.95. The molecule has 1 unspecified atom stereocenters. The third-order valence-electron chi connectivity index (χ3n) is 4.10. The number of hydrogen-bond acceptors (Lipinski definition) is 6. The van der Waals surface area contributed by atoms with Crippen molar-refractivity contribution in [1.82, 2.24) is 0 Å². The van der Waals surface area contributed by atoms with Crippen molar-refractivity contribution < 1.29 is 19.1 Å². The number of amides is 2. The average molecular weight is 378 g/mol. The van der Waals surface area contributed by atoms with Crippen molar-refractivity contribution in [2.24, 2.45) is 5.73 Å². The SMILES string of the molecule is CC(OC(=O)c1csc2c1CCCC2)C(=O)Nc1sccc1C(N)=O. The lowest BCUT2D eigenvalue weighted by atomic mass is 9.96. The van der Waals surface area contributed by atoms with Crippen molar-refractivity contribution in [3.63, 3.8) is 0 Å². The number of fused-ring (bicyclic) bond motifs is 1. The Hall–Kier alpha value is -2.19. The van der Waals surface area contributed by atoms with Gasteiger partial charge in [0.2, 0.25) is 0 Å². The average Bonchev–Trinajstić information content (AvgIpc) is 3.21. The fourth-order valence-corrected chi connectivity index (χ4v) is 4.67. The third kappa shape index (κ3) is 3.74. The van der Waals surface area contributed by atoms with Crippen LogP contribution in [0.3, 0.4) is 0 Å². The first kappa shape index (κ1) is 17.6. The zero-order chi connectivity index (χ0) is 18.0. The molecule has 1 aliphatic carbocycles. The molecule has 0 aromatic carbocycles. The van der Waals surface area contributed by atoms with Gasteiger partial charge in [-0.25, -0.2) is 4.79 Å². The summed E-state index contributed by atoms with van der Waals surface area (Å²) in [5, 5.41) is 6.41. The molecule has 3 N–H and O–H groups in total. The van der Waals surface area contributed by atoms with Gasteiger partial charge < -0.3 is 15.8 Å². The highest BCUT2D eigenvalue weighted by atomic mass is 32.1. The Morgan fingerprint density at radius 1 is 1.20 bits per heavy atom. The number of aryl methyl sites for hydroxylation is 1. The van der Waals surface area contributed by atoms with E-state index in [0.29, 0.717) is 10.6 Å². The normalized spacial score (nSPS) is 14.4. The van der Waals surface area contributed by atoms with Gasteiger partial charge in [0.05, 0.1) is 11.1 Å². The summed E-state index contributed by atoms with van der Waals surface area (Å²) in [6, 6.07) is 1.54. The number of nitrogens with two attached hydrogens (primary N) is 1. The predicted octanol–water partition coefficient (Wildman–Crippen LogP) is 2.97. The molecule has 1 atom stereocenters. The molecule has 6 nitrogen and oxygen atoms in total. The highest BCUT2D eigenvalue weighted by Gasteiger charge is 2.25. The minimum absolute atomic E-state index is 0.240. The van der Waals surface area contributed by atoms with Crippen LogP contribution in [-0.4, -0.2) is 23.9 Å². The lowest BCUT2D eigenvalue weighted by Crippen LogP contribution is -2.30. The molecule has 8 heteroatoms. The van der Waals surface area contributed by atoms with E-state index < -0.39 is 23.9 Å². The maximum Gasteiger partial charge on any atom is 0.340 e. The van der Waals surface area contributed by atoms with Gasteiger partial charge >= 0.3 is 5.97 Å². The molecule has 2 aromatic rings. The van der Waals surface area contributed by atoms with E-state index in [9.17, 15) is 14.4 Å². The predicted molar refractivity (Wildman–Crippen MR) is 97.3 cm³/mol. The van der Waals surface area contributed by atoms with Crippen molar-refractivity contribution >= 4 is 45.5 Å². The van der Waals surface area contributed by atoms with E-state index >= 15 is 0 Å². The Labute approximate surface area is 153 Å². The number of ether oxygens (including phenoxy) is 1. The van der Waals surface area contributed by atoms with Crippen LogP contribution < -0.4 is 11.1 Å². The molecule has 0 saturated heterocycles. The van der Waals surface area contributed by atoms with E-state index in [-0.39, 0.29) is 5.56 Å². The summed E-state index contributed by atoms with van der Waals surface area (Å²) in [5.41, 5.74) is 7.11. The summed E-state index contributed by atoms with van der Waals surface area (Å²) in [5.74, 6) is -1.60. The van der Waals surface area contributed by atoms with Crippen LogP contribution in [-0.2, 0) is 22.4 Å². The molecular formula is C17H18N2O4S2. The molecular weight excluding hydrogens is 360 g/mol. The van der Waals surface area contributed by atoms with E-state index in [1.54, 1.807) is 16.7 Å². The maximum atomic E-state index is 12.4. The summed E-state index contributed by atoms with van der Waals surface area (Å²) < 4.78 is 5.32. The number of carbonyl (C=O) groups excluding carboxylic acids is 3. The fourth-order valence-electron chi connectivity index (χ4n) is 2.76. The largest absolute Gasteiger partial charge is 0.449 e. The second kappa shape index (κ2) is 7.37. The van der Waals surface area contributed by atoms with Crippen LogP contribution in [0.1, 0.15) is 50.9 Å². The Morgan fingerprint density at radius 2 is 1.96 bits per heavy atom. The van der Waals surface area contributed by atoms with Gasteiger partial charge in [-0.05, 0) is 49.6 Å². The zero-order valence-corrected chi connectivity index (χ0v) is 15.3. The van der Waals surface area contributed by atoms with Crippen molar-refractivity contribution in [1.29, 1.82) is 0 Å². The van der Waals surface area contributed by atoms with Gasteiger partial charge in [0, 0.05) is 10.3 Å². The Balaban J connectivity index is 1.65. The number of rotatable bonds is 5. The molecule has 0 aliphatic heterocycles. The van der Waals surface area contributed by atoms with Crippen LogP contribution in [0.2, 0.25) is 0 Å². The highest BCUT2D eigenvalue weighted by Crippen LogP contribution is 2.31. The maximum absolute atomic E-state index is 12.4. The lowest BCUT2D eigenvalue weighted by Gasteiger charge is -2.15. The molecule has 2 amide bonds. The van der Waals surface area contributed by atoms with Gasteiger partial charge in [-0.2, -0.15) is 0 Å². The van der Waals surface area contributed by atoms with Crippen LogP contribution in [0.5, 0.6) is 0 Å². The van der Waals surface area contributed by atoms with Gasteiger partial charge in [-0.15, -0.1) is 22.7 Å². The molecule has 0 bridgehead atoms. The number of thiophene rings is 2. The van der Waals surface area contributed by atoms with Gasteiger partial charge in [-0.3, -0.25) is 9.59 Å². The minimum Gasteiger partial charge on any atom is -0.449 e. The topological polar surface area (TPSA) is 98.5 Å². The van der Waals surface area contributed by atoms with Crippen LogP contribution in [0.4, 0.5) is 5.00 Å². The summed E-state index contributed by atoms with van der Waals surface area (Å²) in [6.45, 7) is 1.50. The smallest absolute Gasteiger partial charge is 0.340 e. The standard InChI is InChI=1S/C17H18N2O4S2/c1-9(15(21)19-16-11(14(18)20)6-7-24-16)23-17(22)12-8-25-13-5-3-2-4-10(12)13/h6-9H,2-5H2,1H3,(H2,18,20)(H,19,21). The number of esters is 1. The van der Waals surface area contributed by atoms with Crippen molar-refractivity contribution in [3.05, 3.63) is 38.4 Å². The van der Waals surface area contributed by atoms with E-state index in [1.807, 2.05) is 5.38 Å². The number of anilines is 1. The second-order valence-electron chi connectivity index (χ2n) is 5.82. The summed E-state index contributed by atoms with van der Waals surface area (Å²) in [7, 11) is 0. The second-order valence-corrected chi connectivity index (χ2v) is 7.70. The van der Waals surface area contributed by atoms with E-state index in [4.69, 9.17) is 10.5 Å². The number of carbonyl (C=O) groups is 3. The molecule has 2 aromatic heterocycles. The Bertz CT molecular complexity index is 824. The number of primary amides is 1.